The van der Waals surface area contributed by atoms with E-state index in [1.165, 1.54) is 5.94 Å². The molecule has 0 amide bonds. The molecular formula is C6H8O3. The lowest BCUT2D eigenvalue weighted by Crippen LogP contribution is -1.89. The Kier molecular flexibility index (Phi) is 4.46. The maximum Gasteiger partial charge on any atom is 0.298 e. The van der Waals surface area contributed by atoms with Crippen molar-refractivity contribution >= 4 is 12.4 Å². The van der Waals surface area contributed by atoms with Crippen LogP contribution < -0.4 is 0 Å². The van der Waals surface area contributed by atoms with Crippen LogP contribution in [0.3, 0.4) is 0 Å². The van der Waals surface area contributed by atoms with E-state index in [0.29, 0.717) is 6.42 Å². The lowest BCUT2D eigenvalue weighted by atomic mass is 10.3. The molecule has 0 aromatic heterocycles. The number of carbonyl (C=O) groups is 1. The van der Waals surface area contributed by atoms with E-state index >= 15 is 0 Å². The molecule has 0 saturated heterocycles. The van der Waals surface area contributed by atoms with E-state index in [0.717, 1.165) is 6.42 Å². The summed E-state index contributed by atoms with van der Waals surface area (Å²) in [4.78, 5) is 19.5. The zero-order chi connectivity index (χ0) is 7.11. The maximum atomic E-state index is 9.84. The van der Waals surface area contributed by atoms with Gasteiger partial charge in [0.05, 0.1) is 0 Å². The molecule has 0 aromatic rings. The number of allylic oxidation sites excluding steroid dienone is 1. The van der Waals surface area contributed by atoms with Gasteiger partial charge in [-0.15, -0.1) is 0 Å². The summed E-state index contributed by atoms with van der Waals surface area (Å²) >= 11 is 0. The van der Waals surface area contributed by atoms with Crippen LogP contribution in [0.1, 0.15) is 19.8 Å². The molecule has 0 radical (unpaired) electrons. The molecule has 3 heteroatoms. The Morgan fingerprint density at radius 1 is 1.78 bits per heavy atom. The van der Waals surface area contributed by atoms with Crippen LogP contribution in [0.15, 0.2) is 5.76 Å². The summed E-state index contributed by atoms with van der Waals surface area (Å²) in [6, 6.07) is 0. The number of rotatable bonds is 4. The van der Waals surface area contributed by atoms with Crippen LogP contribution >= 0.6 is 0 Å². The molecule has 0 spiro atoms. The molecule has 0 aliphatic heterocycles. The monoisotopic (exact) mass is 128 g/mol. The normalized spacial score (nSPS) is 7.67. The van der Waals surface area contributed by atoms with Crippen LogP contribution in [-0.4, -0.2) is 12.4 Å². The van der Waals surface area contributed by atoms with Crippen LogP contribution in [0, 0.1) is 0 Å². The first-order valence-corrected chi connectivity index (χ1v) is 2.69. The van der Waals surface area contributed by atoms with Gasteiger partial charge in [0.1, 0.15) is 0 Å². The number of ether oxygens (including phenoxy) is 1. The molecule has 50 valence electrons. The zero-order valence-corrected chi connectivity index (χ0v) is 5.22. The highest BCUT2D eigenvalue weighted by molar-refractivity contribution is 5.54. The van der Waals surface area contributed by atoms with Gasteiger partial charge in [-0.1, -0.05) is 6.92 Å². The molecule has 0 N–H and O–H groups in total. The molecular weight excluding hydrogens is 120 g/mol. The Morgan fingerprint density at radius 3 is 2.78 bits per heavy atom. The van der Waals surface area contributed by atoms with Crippen molar-refractivity contribution < 1.29 is 14.3 Å². The van der Waals surface area contributed by atoms with E-state index in [1.54, 1.807) is 0 Å². The van der Waals surface area contributed by atoms with Crippen LogP contribution in [0.4, 0.5) is 0 Å². The molecule has 0 heterocycles. The molecule has 0 bridgehead atoms. The number of hydrogen-bond acceptors (Lipinski definition) is 3. The third kappa shape index (κ3) is 3.50. The van der Waals surface area contributed by atoms with Gasteiger partial charge in [0.25, 0.3) is 6.47 Å². The van der Waals surface area contributed by atoms with Crippen molar-refractivity contribution in [2.75, 3.05) is 0 Å². The fourth-order valence-electron chi connectivity index (χ4n) is 0.419. The fraction of sp³-hybridized carbons (Fsp3) is 0.500. The standard InChI is InChI=1S/C6H8O3/c1-2-3-6(4-7)9-5-8/h5H,2-3H2,1H3. The van der Waals surface area contributed by atoms with E-state index in [-0.39, 0.29) is 12.2 Å². The van der Waals surface area contributed by atoms with E-state index in [1.807, 2.05) is 6.92 Å². The second-order valence-corrected chi connectivity index (χ2v) is 1.49. The molecule has 0 rings (SSSR count). The SMILES string of the molecule is CCCC(=C=O)OC=O. The van der Waals surface area contributed by atoms with Gasteiger partial charge in [-0.2, -0.15) is 0 Å². The first-order chi connectivity index (χ1) is 4.35. The molecule has 0 unspecified atom stereocenters. The van der Waals surface area contributed by atoms with Crippen molar-refractivity contribution in [2.24, 2.45) is 0 Å². The van der Waals surface area contributed by atoms with E-state index in [9.17, 15) is 9.59 Å². The first kappa shape index (κ1) is 7.92. The zero-order valence-electron chi connectivity index (χ0n) is 5.22. The number of carbonyl (C=O) groups excluding carboxylic acids is 2. The van der Waals surface area contributed by atoms with E-state index in [2.05, 4.69) is 4.74 Å². The fourth-order valence-corrected chi connectivity index (χ4v) is 0.419. The van der Waals surface area contributed by atoms with Gasteiger partial charge >= 0.3 is 0 Å². The molecule has 0 fully saturated rings. The van der Waals surface area contributed by atoms with E-state index in [4.69, 9.17) is 0 Å². The van der Waals surface area contributed by atoms with Gasteiger partial charge in [0, 0.05) is 6.42 Å². The lowest BCUT2D eigenvalue weighted by Gasteiger charge is -1.93. The van der Waals surface area contributed by atoms with Crippen molar-refractivity contribution in [1.29, 1.82) is 0 Å². The van der Waals surface area contributed by atoms with Gasteiger partial charge in [-0.3, -0.25) is 4.79 Å². The highest BCUT2D eigenvalue weighted by Gasteiger charge is 1.94. The van der Waals surface area contributed by atoms with Crippen molar-refractivity contribution in [3.63, 3.8) is 0 Å². The minimum Gasteiger partial charge on any atom is -0.421 e. The average Bonchev–Trinajstić information content (AvgIpc) is 1.88. The molecule has 0 aliphatic rings. The summed E-state index contributed by atoms with van der Waals surface area (Å²) in [7, 11) is 0. The maximum absolute atomic E-state index is 9.84. The molecule has 0 aromatic carbocycles. The smallest absolute Gasteiger partial charge is 0.298 e. The molecule has 0 saturated carbocycles. The minimum absolute atomic E-state index is 0.0764. The number of hydrogen-bond donors (Lipinski definition) is 0. The Hall–Kier alpha value is -1.08. The van der Waals surface area contributed by atoms with Crippen LogP contribution in [0.5, 0.6) is 0 Å². The predicted molar refractivity (Wildman–Crippen MR) is 31.3 cm³/mol. The van der Waals surface area contributed by atoms with Crippen LogP contribution in [0.25, 0.3) is 0 Å². The quantitative estimate of drug-likeness (QED) is 0.317. The Labute approximate surface area is 53.3 Å². The van der Waals surface area contributed by atoms with Gasteiger partial charge < -0.3 is 4.74 Å². The Balaban J connectivity index is 3.69. The lowest BCUT2D eigenvalue weighted by molar-refractivity contribution is -0.125. The van der Waals surface area contributed by atoms with E-state index < -0.39 is 0 Å². The topological polar surface area (TPSA) is 43.4 Å². The molecule has 0 aliphatic carbocycles. The summed E-state index contributed by atoms with van der Waals surface area (Å²) in [6.07, 6.45) is 1.25. The largest absolute Gasteiger partial charge is 0.421 e. The summed E-state index contributed by atoms with van der Waals surface area (Å²) in [5.41, 5.74) is 0. The van der Waals surface area contributed by atoms with Crippen molar-refractivity contribution in [2.45, 2.75) is 19.8 Å². The highest BCUT2D eigenvalue weighted by atomic mass is 16.5. The van der Waals surface area contributed by atoms with Crippen LogP contribution in [0.2, 0.25) is 0 Å². The van der Waals surface area contributed by atoms with Crippen molar-refractivity contribution in [3.05, 3.63) is 5.76 Å². The summed E-state index contributed by atoms with van der Waals surface area (Å²) in [5, 5.41) is 0. The average molecular weight is 128 g/mol. The molecule has 3 nitrogen and oxygen atoms in total. The second kappa shape index (κ2) is 5.06. The summed E-state index contributed by atoms with van der Waals surface area (Å²) in [5.74, 6) is 1.59. The third-order valence-electron chi connectivity index (χ3n) is 0.781. The first-order valence-electron chi connectivity index (χ1n) is 2.69. The third-order valence-corrected chi connectivity index (χ3v) is 0.781. The molecule has 9 heavy (non-hydrogen) atoms. The van der Waals surface area contributed by atoms with Gasteiger partial charge in [0.15, 0.2) is 11.7 Å². The van der Waals surface area contributed by atoms with Crippen molar-refractivity contribution in [1.82, 2.24) is 0 Å². The van der Waals surface area contributed by atoms with Crippen molar-refractivity contribution in [3.8, 4) is 0 Å². The van der Waals surface area contributed by atoms with Gasteiger partial charge in [0.2, 0.25) is 0 Å². The summed E-state index contributed by atoms with van der Waals surface area (Å²) in [6.45, 7) is 2.11. The predicted octanol–water partition coefficient (Wildman–Crippen LogP) is 0.675. The molecule has 0 atom stereocenters. The Morgan fingerprint density at radius 2 is 2.44 bits per heavy atom. The highest BCUT2D eigenvalue weighted by Crippen LogP contribution is 1.99. The Bertz CT molecular complexity index is 133. The summed E-state index contributed by atoms with van der Waals surface area (Å²) < 4.78 is 4.24. The minimum atomic E-state index is 0.0764. The van der Waals surface area contributed by atoms with Crippen LogP contribution in [-0.2, 0) is 14.3 Å². The second-order valence-electron chi connectivity index (χ2n) is 1.49. The van der Waals surface area contributed by atoms with Gasteiger partial charge in [-0.25, -0.2) is 4.79 Å². The van der Waals surface area contributed by atoms with Gasteiger partial charge in [-0.05, 0) is 6.42 Å².